The molecular formula is C16H32N2. The van der Waals surface area contributed by atoms with Crippen molar-refractivity contribution in [1.29, 1.82) is 0 Å². The standard InChI is InChI=1S/C16H32N2/c1-4-14-7-5-6-8-16(14)18-11-9-15(10-12-18)13(2)17-3/h13-17H,4-12H2,1-3H3. The number of hydrogen-bond donors (Lipinski definition) is 1. The molecule has 2 rings (SSSR count). The second-order valence-electron chi connectivity index (χ2n) is 6.47. The third kappa shape index (κ3) is 3.27. The lowest BCUT2D eigenvalue weighted by Gasteiger charge is -2.44. The van der Waals surface area contributed by atoms with E-state index in [1.54, 1.807) is 0 Å². The van der Waals surface area contributed by atoms with Gasteiger partial charge in [-0.2, -0.15) is 0 Å². The van der Waals surface area contributed by atoms with Gasteiger partial charge in [-0.3, -0.25) is 0 Å². The zero-order chi connectivity index (χ0) is 13.0. The fourth-order valence-electron chi connectivity index (χ4n) is 4.13. The molecule has 3 unspecified atom stereocenters. The van der Waals surface area contributed by atoms with Gasteiger partial charge in [-0.15, -0.1) is 0 Å². The number of hydrogen-bond acceptors (Lipinski definition) is 2. The first-order valence-electron chi connectivity index (χ1n) is 8.17. The lowest BCUT2D eigenvalue weighted by molar-refractivity contribution is 0.0610. The van der Waals surface area contributed by atoms with E-state index in [2.05, 4.69) is 31.1 Å². The fourth-order valence-corrected chi connectivity index (χ4v) is 4.13. The molecule has 0 amide bonds. The number of nitrogens with one attached hydrogen (secondary N) is 1. The average Bonchev–Trinajstić information content (AvgIpc) is 2.46. The van der Waals surface area contributed by atoms with Gasteiger partial charge in [0.2, 0.25) is 0 Å². The summed E-state index contributed by atoms with van der Waals surface area (Å²) in [4.78, 5) is 2.83. The highest BCUT2D eigenvalue weighted by atomic mass is 15.2. The summed E-state index contributed by atoms with van der Waals surface area (Å²) in [5.74, 6) is 1.88. The Morgan fingerprint density at radius 1 is 1.11 bits per heavy atom. The average molecular weight is 252 g/mol. The van der Waals surface area contributed by atoms with Crippen LogP contribution in [0.2, 0.25) is 0 Å². The molecule has 0 radical (unpaired) electrons. The fraction of sp³-hybridized carbons (Fsp3) is 1.00. The van der Waals surface area contributed by atoms with Gasteiger partial charge < -0.3 is 10.2 Å². The maximum Gasteiger partial charge on any atom is 0.0123 e. The second-order valence-corrected chi connectivity index (χ2v) is 6.47. The minimum absolute atomic E-state index is 0.695. The van der Waals surface area contributed by atoms with Crippen LogP contribution in [-0.2, 0) is 0 Å². The predicted octanol–water partition coefficient (Wildman–Crippen LogP) is 3.28. The third-order valence-electron chi connectivity index (χ3n) is 5.60. The highest BCUT2D eigenvalue weighted by molar-refractivity contribution is 4.87. The lowest BCUT2D eigenvalue weighted by Crippen LogP contribution is -2.48. The van der Waals surface area contributed by atoms with Crippen molar-refractivity contribution < 1.29 is 0 Å². The molecule has 0 aromatic rings. The molecule has 2 aliphatic rings. The highest BCUT2D eigenvalue weighted by Crippen LogP contribution is 2.33. The van der Waals surface area contributed by atoms with Crippen molar-refractivity contribution in [1.82, 2.24) is 10.2 Å². The maximum absolute atomic E-state index is 3.43. The molecule has 2 heteroatoms. The molecule has 18 heavy (non-hydrogen) atoms. The Morgan fingerprint density at radius 2 is 1.78 bits per heavy atom. The van der Waals surface area contributed by atoms with E-state index in [9.17, 15) is 0 Å². The van der Waals surface area contributed by atoms with Crippen molar-refractivity contribution in [2.75, 3.05) is 20.1 Å². The molecule has 1 aliphatic heterocycles. The summed E-state index contributed by atoms with van der Waals surface area (Å²) in [6.45, 7) is 7.42. The van der Waals surface area contributed by atoms with Gasteiger partial charge in [-0.1, -0.05) is 26.2 Å². The van der Waals surface area contributed by atoms with Gasteiger partial charge in [0.05, 0.1) is 0 Å². The molecule has 0 spiro atoms. The molecule has 1 N–H and O–H groups in total. The van der Waals surface area contributed by atoms with E-state index in [1.165, 1.54) is 58.0 Å². The molecular weight excluding hydrogens is 220 g/mol. The van der Waals surface area contributed by atoms with Gasteiger partial charge in [0, 0.05) is 12.1 Å². The Hall–Kier alpha value is -0.0800. The predicted molar refractivity (Wildman–Crippen MR) is 78.9 cm³/mol. The van der Waals surface area contributed by atoms with E-state index in [-0.39, 0.29) is 0 Å². The first kappa shape index (κ1) is 14.3. The molecule has 2 nitrogen and oxygen atoms in total. The molecule has 3 atom stereocenters. The molecule has 2 fully saturated rings. The Labute approximate surface area is 114 Å². The third-order valence-corrected chi connectivity index (χ3v) is 5.60. The SMILES string of the molecule is CCC1CCCCC1N1CCC(C(C)NC)CC1. The monoisotopic (exact) mass is 252 g/mol. The van der Waals surface area contributed by atoms with Crippen LogP contribution in [0.1, 0.15) is 58.8 Å². The van der Waals surface area contributed by atoms with Crippen molar-refractivity contribution >= 4 is 0 Å². The minimum atomic E-state index is 0.695. The molecule has 0 aromatic carbocycles. The zero-order valence-corrected chi connectivity index (χ0v) is 12.6. The summed E-state index contributed by atoms with van der Waals surface area (Å²) in [5.41, 5.74) is 0. The normalized spacial score (nSPS) is 33.5. The number of piperidine rings is 1. The van der Waals surface area contributed by atoms with Gasteiger partial charge >= 0.3 is 0 Å². The van der Waals surface area contributed by atoms with Gasteiger partial charge in [0.25, 0.3) is 0 Å². The topological polar surface area (TPSA) is 15.3 Å². The molecule has 0 bridgehead atoms. The van der Waals surface area contributed by atoms with Gasteiger partial charge in [-0.05, 0) is 64.6 Å². The molecule has 1 aliphatic carbocycles. The quantitative estimate of drug-likeness (QED) is 0.826. The summed E-state index contributed by atoms with van der Waals surface area (Å²) in [6.07, 6.45) is 10.1. The van der Waals surface area contributed by atoms with Crippen LogP contribution in [0.4, 0.5) is 0 Å². The van der Waals surface area contributed by atoms with Gasteiger partial charge in [0.15, 0.2) is 0 Å². The van der Waals surface area contributed by atoms with E-state index in [0.29, 0.717) is 6.04 Å². The van der Waals surface area contributed by atoms with E-state index in [1.807, 2.05) is 0 Å². The smallest absolute Gasteiger partial charge is 0.0123 e. The van der Waals surface area contributed by atoms with Crippen LogP contribution in [-0.4, -0.2) is 37.1 Å². The zero-order valence-electron chi connectivity index (χ0n) is 12.6. The maximum atomic E-state index is 3.43. The molecule has 0 aromatic heterocycles. The van der Waals surface area contributed by atoms with Crippen LogP contribution in [0.3, 0.4) is 0 Å². The summed E-state index contributed by atoms with van der Waals surface area (Å²) >= 11 is 0. The molecule has 106 valence electrons. The Kier molecular flexibility index (Phi) is 5.50. The van der Waals surface area contributed by atoms with Gasteiger partial charge in [-0.25, -0.2) is 0 Å². The van der Waals surface area contributed by atoms with E-state index in [0.717, 1.165) is 17.9 Å². The van der Waals surface area contributed by atoms with Crippen LogP contribution in [0.25, 0.3) is 0 Å². The Bertz CT molecular complexity index is 233. The second kappa shape index (κ2) is 6.91. The van der Waals surface area contributed by atoms with Crippen LogP contribution >= 0.6 is 0 Å². The van der Waals surface area contributed by atoms with Crippen LogP contribution in [0.5, 0.6) is 0 Å². The number of likely N-dealkylation sites (tertiary alicyclic amines) is 1. The van der Waals surface area contributed by atoms with Crippen molar-refractivity contribution in [2.24, 2.45) is 11.8 Å². The van der Waals surface area contributed by atoms with Gasteiger partial charge in [0.1, 0.15) is 0 Å². The van der Waals surface area contributed by atoms with Crippen molar-refractivity contribution in [3.8, 4) is 0 Å². The van der Waals surface area contributed by atoms with Crippen molar-refractivity contribution in [2.45, 2.75) is 70.9 Å². The van der Waals surface area contributed by atoms with Crippen LogP contribution < -0.4 is 5.32 Å². The van der Waals surface area contributed by atoms with Crippen molar-refractivity contribution in [3.63, 3.8) is 0 Å². The van der Waals surface area contributed by atoms with E-state index < -0.39 is 0 Å². The van der Waals surface area contributed by atoms with E-state index >= 15 is 0 Å². The first-order valence-corrected chi connectivity index (χ1v) is 8.17. The Morgan fingerprint density at radius 3 is 2.39 bits per heavy atom. The minimum Gasteiger partial charge on any atom is -0.317 e. The molecule has 1 saturated carbocycles. The largest absolute Gasteiger partial charge is 0.317 e. The summed E-state index contributed by atoms with van der Waals surface area (Å²) < 4.78 is 0. The summed E-state index contributed by atoms with van der Waals surface area (Å²) in [6, 6.07) is 1.61. The Balaban J connectivity index is 1.84. The summed E-state index contributed by atoms with van der Waals surface area (Å²) in [7, 11) is 2.10. The highest BCUT2D eigenvalue weighted by Gasteiger charge is 2.32. The van der Waals surface area contributed by atoms with Crippen LogP contribution in [0, 0.1) is 11.8 Å². The van der Waals surface area contributed by atoms with Crippen molar-refractivity contribution in [3.05, 3.63) is 0 Å². The number of rotatable bonds is 4. The van der Waals surface area contributed by atoms with Crippen LogP contribution in [0.15, 0.2) is 0 Å². The van der Waals surface area contributed by atoms with E-state index in [4.69, 9.17) is 0 Å². The first-order chi connectivity index (χ1) is 8.76. The summed E-state index contributed by atoms with van der Waals surface area (Å²) in [5, 5.41) is 3.43. The molecule has 1 saturated heterocycles. The number of nitrogens with zero attached hydrogens (tertiary/aromatic N) is 1. The lowest BCUT2D eigenvalue weighted by atomic mass is 9.80. The molecule has 1 heterocycles.